The van der Waals surface area contributed by atoms with Gasteiger partial charge in [0.15, 0.2) is 0 Å². The van der Waals surface area contributed by atoms with E-state index in [1.54, 1.807) is 22.9 Å². The smallest absolute Gasteiger partial charge is 0.376 e. The van der Waals surface area contributed by atoms with Crippen molar-refractivity contribution < 1.29 is 25.8 Å². The van der Waals surface area contributed by atoms with E-state index < -0.39 is 21.4 Å². The Kier molecular flexibility index (Phi) is 3.75. The van der Waals surface area contributed by atoms with Crippen molar-refractivity contribution in [2.75, 3.05) is 0 Å². The Morgan fingerprint density at radius 2 is 1.92 bits per heavy atom. The molecule has 0 unspecified atom stereocenters. The van der Waals surface area contributed by atoms with E-state index in [1.165, 1.54) is 12.1 Å². The zero-order valence-corrected chi connectivity index (χ0v) is 13.1. The van der Waals surface area contributed by atoms with Gasteiger partial charge in [-0.3, -0.25) is 4.40 Å². The number of halogens is 3. The van der Waals surface area contributed by atoms with Crippen LogP contribution >= 0.6 is 0 Å². The van der Waals surface area contributed by atoms with Gasteiger partial charge >= 0.3 is 15.6 Å². The molecular formula is C15H11F3N2O3S. The van der Waals surface area contributed by atoms with Gasteiger partial charge in [0.05, 0.1) is 11.9 Å². The number of imidazole rings is 1. The molecule has 1 aromatic carbocycles. The first kappa shape index (κ1) is 16.3. The molecule has 3 rings (SSSR count). The largest absolute Gasteiger partial charge is 0.534 e. The first-order chi connectivity index (χ1) is 11.2. The van der Waals surface area contributed by atoms with E-state index in [-0.39, 0.29) is 0 Å². The zero-order valence-electron chi connectivity index (χ0n) is 12.3. The fourth-order valence-corrected chi connectivity index (χ4v) is 2.63. The van der Waals surface area contributed by atoms with Crippen LogP contribution in [0.3, 0.4) is 0 Å². The van der Waals surface area contributed by atoms with Crippen LogP contribution in [-0.2, 0) is 10.1 Å². The lowest BCUT2D eigenvalue weighted by Crippen LogP contribution is -2.28. The average molecular weight is 356 g/mol. The minimum atomic E-state index is -5.71. The quantitative estimate of drug-likeness (QED) is 0.532. The highest BCUT2D eigenvalue weighted by Gasteiger charge is 2.48. The number of fused-ring (bicyclic) bond motifs is 1. The van der Waals surface area contributed by atoms with E-state index in [2.05, 4.69) is 9.17 Å². The number of hydrogen-bond acceptors (Lipinski definition) is 4. The van der Waals surface area contributed by atoms with Crippen molar-refractivity contribution in [3.8, 4) is 17.0 Å². The van der Waals surface area contributed by atoms with Gasteiger partial charge in [0.1, 0.15) is 11.4 Å². The second-order valence-corrected chi connectivity index (χ2v) is 6.62. The summed E-state index contributed by atoms with van der Waals surface area (Å²) in [6.45, 7) is 1.91. The second-order valence-electron chi connectivity index (χ2n) is 5.09. The highest BCUT2D eigenvalue weighted by molar-refractivity contribution is 7.88. The molecule has 0 aliphatic carbocycles. The molecule has 0 saturated carbocycles. The molecular weight excluding hydrogens is 345 g/mol. The molecule has 2 heterocycles. The minimum Gasteiger partial charge on any atom is -0.376 e. The summed E-state index contributed by atoms with van der Waals surface area (Å²) in [4.78, 5) is 4.22. The zero-order chi connectivity index (χ0) is 17.5. The molecule has 126 valence electrons. The Morgan fingerprint density at radius 1 is 1.17 bits per heavy atom. The monoisotopic (exact) mass is 356 g/mol. The number of hydrogen-bond donors (Lipinski definition) is 0. The molecule has 24 heavy (non-hydrogen) atoms. The molecule has 0 fully saturated rings. The van der Waals surface area contributed by atoms with E-state index in [1.807, 2.05) is 19.1 Å². The van der Waals surface area contributed by atoms with Crippen LogP contribution in [0.15, 0.2) is 48.8 Å². The van der Waals surface area contributed by atoms with Gasteiger partial charge in [0.2, 0.25) is 0 Å². The molecule has 0 aliphatic heterocycles. The molecule has 0 bridgehead atoms. The van der Waals surface area contributed by atoms with Crippen LogP contribution in [-0.4, -0.2) is 23.3 Å². The number of pyridine rings is 1. The van der Waals surface area contributed by atoms with Crippen molar-refractivity contribution in [3.05, 3.63) is 54.4 Å². The Balaban J connectivity index is 2.02. The van der Waals surface area contributed by atoms with Crippen LogP contribution in [0.25, 0.3) is 16.9 Å². The van der Waals surface area contributed by atoms with Gasteiger partial charge in [-0.2, -0.15) is 21.6 Å². The third-order valence-electron chi connectivity index (χ3n) is 3.29. The molecule has 2 aromatic heterocycles. The van der Waals surface area contributed by atoms with E-state index in [0.717, 1.165) is 11.6 Å². The molecule has 5 nitrogen and oxygen atoms in total. The Labute approximate surface area is 135 Å². The fraction of sp³-hybridized carbons (Fsp3) is 0.133. The highest BCUT2D eigenvalue weighted by Crippen LogP contribution is 2.30. The van der Waals surface area contributed by atoms with Crippen LogP contribution in [0.4, 0.5) is 13.2 Å². The van der Waals surface area contributed by atoms with Crippen LogP contribution < -0.4 is 4.18 Å². The van der Waals surface area contributed by atoms with Crippen LogP contribution in [0.2, 0.25) is 0 Å². The normalized spacial score (nSPS) is 12.5. The van der Waals surface area contributed by atoms with Gasteiger partial charge < -0.3 is 4.18 Å². The number of aryl methyl sites for hydroxylation is 1. The molecule has 9 heteroatoms. The second kappa shape index (κ2) is 5.52. The molecule has 0 spiro atoms. The first-order valence-corrected chi connectivity index (χ1v) is 8.13. The molecule has 3 aromatic rings. The van der Waals surface area contributed by atoms with E-state index in [9.17, 15) is 21.6 Å². The summed E-state index contributed by atoms with van der Waals surface area (Å²) in [5.74, 6) is -0.424. The van der Waals surface area contributed by atoms with Crippen molar-refractivity contribution in [2.45, 2.75) is 12.4 Å². The van der Waals surface area contributed by atoms with Crippen molar-refractivity contribution in [2.24, 2.45) is 0 Å². The molecule has 0 amide bonds. The summed E-state index contributed by atoms with van der Waals surface area (Å²) in [6, 6.07) is 9.08. The summed E-state index contributed by atoms with van der Waals surface area (Å²) in [6.07, 6.45) is 3.32. The number of alkyl halides is 3. The van der Waals surface area contributed by atoms with Gasteiger partial charge in [-0.25, -0.2) is 4.98 Å². The summed E-state index contributed by atoms with van der Waals surface area (Å²) in [7, 11) is -5.71. The summed E-state index contributed by atoms with van der Waals surface area (Å²) in [5, 5.41) is 0. The van der Waals surface area contributed by atoms with Gasteiger partial charge in [-0.1, -0.05) is 12.1 Å². The summed E-state index contributed by atoms with van der Waals surface area (Å²) >= 11 is 0. The van der Waals surface area contributed by atoms with Crippen molar-refractivity contribution in [1.29, 1.82) is 0 Å². The Hall–Kier alpha value is -2.55. The lowest BCUT2D eigenvalue weighted by molar-refractivity contribution is -0.0500. The topological polar surface area (TPSA) is 60.7 Å². The van der Waals surface area contributed by atoms with Gasteiger partial charge in [-0.05, 0) is 36.8 Å². The molecule has 0 aliphatic rings. The third kappa shape index (κ3) is 2.94. The molecule has 0 N–H and O–H groups in total. The fourth-order valence-electron chi connectivity index (χ4n) is 2.18. The lowest BCUT2D eigenvalue weighted by Gasteiger charge is -2.10. The van der Waals surface area contributed by atoms with Crippen molar-refractivity contribution in [1.82, 2.24) is 9.38 Å². The summed E-state index contributed by atoms with van der Waals surface area (Å²) in [5.41, 5.74) is -2.74. The Bertz CT molecular complexity index is 1010. The highest BCUT2D eigenvalue weighted by atomic mass is 32.2. The van der Waals surface area contributed by atoms with Crippen molar-refractivity contribution >= 4 is 15.8 Å². The SMILES string of the molecule is Cc1ccn2c(-c3cccc(OS(=O)(=O)C(F)(F)F)c3)cnc2c1. The van der Waals surface area contributed by atoms with Crippen molar-refractivity contribution in [3.63, 3.8) is 0 Å². The predicted octanol–water partition coefficient (Wildman–Crippen LogP) is 3.54. The van der Waals surface area contributed by atoms with Crippen LogP contribution in [0.5, 0.6) is 5.75 Å². The Morgan fingerprint density at radius 3 is 2.62 bits per heavy atom. The van der Waals surface area contributed by atoms with Gasteiger partial charge in [0.25, 0.3) is 0 Å². The average Bonchev–Trinajstić information content (AvgIpc) is 2.88. The molecule has 0 radical (unpaired) electrons. The summed E-state index contributed by atoms with van der Waals surface area (Å²) < 4.78 is 65.3. The van der Waals surface area contributed by atoms with E-state index in [0.29, 0.717) is 16.9 Å². The number of nitrogens with zero attached hydrogens (tertiary/aromatic N) is 2. The maximum atomic E-state index is 12.4. The minimum absolute atomic E-state index is 0.424. The van der Waals surface area contributed by atoms with Gasteiger partial charge in [0, 0.05) is 11.8 Å². The predicted molar refractivity (Wildman–Crippen MR) is 81.0 cm³/mol. The number of rotatable bonds is 3. The maximum absolute atomic E-state index is 12.4. The van der Waals surface area contributed by atoms with Gasteiger partial charge in [-0.15, -0.1) is 0 Å². The number of benzene rings is 1. The lowest BCUT2D eigenvalue weighted by atomic mass is 10.1. The third-order valence-corrected chi connectivity index (χ3v) is 4.27. The standard InChI is InChI=1S/C15H11F3N2O3S/c1-10-5-6-20-13(9-19-14(20)7-10)11-3-2-4-12(8-11)23-24(21,22)15(16,17)18/h2-9H,1H3. The maximum Gasteiger partial charge on any atom is 0.534 e. The van der Waals surface area contributed by atoms with Crippen LogP contribution in [0, 0.1) is 6.92 Å². The van der Waals surface area contributed by atoms with Crippen LogP contribution in [0.1, 0.15) is 5.56 Å². The van der Waals surface area contributed by atoms with E-state index in [4.69, 9.17) is 0 Å². The number of aromatic nitrogens is 2. The molecule has 0 atom stereocenters. The molecule has 0 saturated heterocycles. The van der Waals surface area contributed by atoms with E-state index >= 15 is 0 Å². The first-order valence-electron chi connectivity index (χ1n) is 6.72.